The number of rotatable bonds is 4. The number of sulfonamides is 1. The molecule has 112 valence electrons. The van der Waals surface area contributed by atoms with Gasteiger partial charge in [-0.05, 0) is 37.0 Å². The molecule has 1 saturated carbocycles. The first-order valence-electron chi connectivity index (χ1n) is 6.10. The van der Waals surface area contributed by atoms with E-state index >= 15 is 0 Å². The van der Waals surface area contributed by atoms with Crippen LogP contribution >= 0.6 is 0 Å². The third kappa shape index (κ3) is 2.62. The van der Waals surface area contributed by atoms with Crippen molar-refractivity contribution < 1.29 is 21.6 Å². The molecular formula is C12H15F3N2O2S. The van der Waals surface area contributed by atoms with Gasteiger partial charge in [-0.3, -0.25) is 0 Å². The molecule has 2 rings (SSSR count). The van der Waals surface area contributed by atoms with Crippen LogP contribution in [0.5, 0.6) is 0 Å². The van der Waals surface area contributed by atoms with E-state index < -0.39 is 21.7 Å². The molecule has 0 saturated heterocycles. The lowest BCUT2D eigenvalue weighted by atomic mass is 10.1. The van der Waals surface area contributed by atoms with Gasteiger partial charge in [0.2, 0.25) is 10.0 Å². The Labute approximate surface area is 115 Å². The normalized spacial score (nSPS) is 18.0. The van der Waals surface area contributed by atoms with Gasteiger partial charge in [-0.25, -0.2) is 8.42 Å². The number of nitrogens with two attached hydrogens (primary N) is 1. The van der Waals surface area contributed by atoms with E-state index in [2.05, 4.69) is 0 Å². The van der Waals surface area contributed by atoms with Crippen molar-refractivity contribution in [3.63, 3.8) is 0 Å². The lowest BCUT2D eigenvalue weighted by Gasteiger charge is -2.21. The molecule has 0 aliphatic heterocycles. The van der Waals surface area contributed by atoms with Crippen LogP contribution in [0.2, 0.25) is 0 Å². The van der Waals surface area contributed by atoms with Crippen molar-refractivity contribution >= 4 is 15.7 Å². The van der Waals surface area contributed by atoms with Gasteiger partial charge in [-0.15, -0.1) is 0 Å². The summed E-state index contributed by atoms with van der Waals surface area (Å²) in [7, 11) is -4.25. The summed E-state index contributed by atoms with van der Waals surface area (Å²) in [5.41, 5.74) is 3.84. The molecule has 8 heteroatoms. The monoisotopic (exact) mass is 308 g/mol. The van der Waals surface area contributed by atoms with E-state index in [1.165, 1.54) is 18.2 Å². The summed E-state index contributed by atoms with van der Waals surface area (Å²) in [4.78, 5) is -0.185. The second kappa shape index (κ2) is 4.63. The molecule has 0 heterocycles. The molecule has 1 aromatic carbocycles. The zero-order valence-corrected chi connectivity index (χ0v) is 11.6. The quantitative estimate of drug-likeness (QED) is 0.838. The van der Waals surface area contributed by atoms with Crippen molar-refractivity contribution in [1.82, 2.24) is 4.72 Å². The van der Waals surface area contributed by atoms with Crippen molar-refractivity contribution in [3.8, 4) is 0 Å². The molecule has 1 aliphatic rings. The van der Waals surface area contributed by atoms with Crippen molar-refractivity contribution in [1.29, 1.82) is 0 Å². The number of hydrogen-bond acceptors (Lipinski definition) is 3. The smallest absolute Gasteiger partial charge is 0.399 e. The molecule has 1 fully saturated rings. The highest BCUT2D eigenvalue weighted by molar-refractivity contribution is 7.89. The molecule has 4 nitrogen and oxygen atoms in total. The van der Waals surface area contributed by atoms with Crippen molar-refractivity contribution in [2.75, 3.05) is 5.73 Å². The largest absolute Gasteiger partial charge is 0.407 e. The third-order valence-electron chi connectivity index (χ3n) is 3.38. The number of nitrogen functional groups attached to an aromatic ring is 1. The number of aryl methyl sites for hydroxylation is 1. The first kappa shape index (κ1) is 15.1. The van der Waals surface area contributed by atoms with Gasteiger partial charge in [0, 0.05) is 5.69 Å². The van der Waals surface area contributed by atoms with Gasteiger partial charge in [0.05, 0.1) is 4.90 Å². The number of halogens is 3. The Kier molecular flexibility index (Phi) is 3.50. The summed E-state index contributed by atoms with van der Waals surface area (Å²) in [6.45, 7) is 1.72. The molecule has 0 bridgehead atoms. The molecule has 0 amide bonds. The Morgan fingerprint density at radius 2 is 1.95 bits per heavy atom. The molecule has 1 aliphatic carbocycles. The minimum Gasteiger partial charge on any atom is -0.399 e. The summed E-state index contributed by atoms with van der Waals surface area (Å²) in [6, 6.07) is 4.22. The van der Waals surface area contributed by atoms with Gasteiger partial charge >= 0.3 is 6.18 Å². The van der Waals surface area contributed by atoms with Gasteiger partial charge in [-0.2, -0.15) is 17.9 Å². The van der Waals surface area contributed by atoms with Gasteiger partial charge in [0.15, 0.2) is 0 Å². The van der Waals surface area contributed by atoms with Gasteiger partial charge in [0.1, 0.15) is 5.54 Å². The van der Waals surface area contributed by atoms with Crippen LogP contribution in [0.25, 0.3) is 0 Å². The molecule has 0 aromatic heterocycles. The van der Waals surface area contributed by atoms with Crippen LogP contribution in [0, 0.1) is 0 Å². The maximum absolute atomic E-state index is 12.9. The average Bonchev–Trinajstić information content (AvgIpc) is 3.08. The molecule has 0 radical (unpaired) electrons. The second-order valence-electron chi connectivity index (χ2n) is 4.91. The number of hydrogen-bond donors (Lipinski definition) is 2. The maximum Gasteiger partial charge on any atom is 0.407 e. The lowest BCUT2D eigenvalue weighted by Crippen LogP contribution is -2.47. The predicted molar refractivity (Wildman–Crippen MR) is 68.6 cm³/mol. The minimum atomic E-state index is -4.59. The fourth-order valence-corrected chi connectivity index (χ4v) is 3.79. The third-order valence-corrected chi connectivity index (χ3v) is 5.00. The highest BCUT2D eigenvalue weighted by Gasteiger charge is 2.65. The SMILES string of the molecule is CCc1ccc(N)cc1S(=O)(=O)NC1(C(F)(F)F)CC1. The van der Waals surface area contributed by atoms with Crippen LogP contribution in [-0.4, -0.2) is 20.1 Å². The Hall–Kier alpha value is -1.28. The topological polar surface area (TPSA) is 72.2 Å². The number of alkyl halides is 3. The Bertz CT molecular complexity index is 622. The Morgan fingerprint density at radius 3 is 2.40 bits per heavy atom. The molecule has 20 heavy (non-hydrogen) atoms. The first-order valence-corrected chi connectivity index (χ1v) is 7.59. The van der Waals surface area contributed by atoms with Gasteiger partial charge in [0.25, 0.3) is 0 Å². The van der Waals surface area contributed by atoms with E-state index in [1.54, 1.807) is 11.6 Å². The summed E-state index contributed by atoms with van der Waals surface area (Å²) < 4.78 is 64.7. The van der Waals surface area contributed by atoms with E-state index in [0.717, 1.165) is 0 Å². The van der Waals surface area contributed by atoms with E-state index in [9.17, 15) is 21.6 Å². The first-order chi connectivity index (χ1) is 9.11. The second-order valence-corrected chi connectivity index (χ2v) is 6.56. The summed E-state index contributed by atoms with van der Waals surface area (Å²) >= 11 is 0. The number of benzene rings is 1. The lowest BCUT2D eigenvalue weighted by molar-refractivity contribution is -0.160. The Balaban J connectivity index is 2.40. The molecular weight excluding hydrogens is 293 g/mol. The van der Waals surface area contributed by atoms with E-state index in [0.29, 0.717) is 12.0 Å². The number of nitrogens with one attached hydrogen (secondary N) is 1. The van der Waals surface area contributed by atoms with E-state index in [1.807, 2.05) is 0 Å². The van der Waals surface area contributed by atoms with E-state index in [4.69, 9.17) is 5.73 Å². The van der Waals surface area contributed by atoms with Crippen LogP contribution < -0.4 is 10.5 Å². The van der Waals surface area contributed by atoms with Crippen LogP contribution in [0.15, 0.2) is 23.1 Å². The van der Waals surface area contributed by atoms with Gasteiger partial charge in [-0.1, -0.05) is 13.0 Å². The highest BCUT2D eigenvalue weighted by Crippen LogP contribution is 2.49. The summed E-state index contributed by atoms with van der Waals surface area (Å²) in [5, 5.41) is 0. The minimum absolute atomic E-state index is 0.185. The number of anilines is 1. The molecule has 3 N–H and O–H groups in total. The van der Waals surface area contributed by atoms with Crippen molar-refractivity contribution in [2.45, 2.75) is 42.8 Å². The maximum atomic E-state index is 12.9. The highest BCUT2D eigenvalue weighted by atomic mass is 32.2. The molecule has 0 unspecified atom stereocenters. The van der Waals surface area contributed by atoms with Gasteiger partial charge < -0.3 is 5.73 Å². The van der Waals surface area contributed by atoms with Crippen LogP contribution in [0.4, 0.5) is 18.9 Å². The summed E-state index contributed by atoms with van der Waals surface area (Å²) in [5.74, 6) is 0. The zero-order valence-electron chi connectivity index (χ0n) is 10.8. The molecule has 0 atom stereocenters. The zero-order chi connectivity index (χ0) is 15.2. The molecule has 1 aromatic rings. The van der Waals surface area contributed by atoms with Crippen molar-refractivity contribution in [3.05, 3.63) is 23.8 Å². The standard InChI is InChI=1S/C12H15F3N2O2S/c1-2-8-3-4-9(16)7-10(8)20(18,19)17-11(5-6-11)12(13,14)15/h3-4,7,17H,2,5-6,16H2,1H3. The van der Waals surface area contributed by atoms with Crippen LogP contribution in [-0.2, 0) is 16.4 Å². The Morgan fingerprint density at radius 1 is 1.35 bits per heavy atom. The fraction of sp³-hybridized carbons (Fsp3) is 0.500. The van der Waals surface area contributed by atoms with Crippen molar-refractivity contribution in [2.24, 2.45) is 0 Å². The van der Waals surface area contributed by atoms with Crippen LogP contribution in [0.1, 0.15) is 25.3 Å². The van der Waals surface area contributed by atoms with E-state index in [-0.39, 0.29) is 23.4 Å². The van der Waals surface area contributed by atoms with Crippen LogP contribution in [0.3, 0.4) is 0 Å². The molecule has 0 spiro atoms. The average molecular weight is 308 g/mol. The fourth-order valence-electron chi connectivity index (χ4n) is 1.99. The predicted octanol–water partition coefficient (Wildman–Crippen LogP) is 2.20. The summed E-state index contributed by atoms with van der Waals surface area (Å²) in [6.07, 6.45) is -4.68.